The van der Waals surface area contributed by atoms with Gasteiger partial charge in [-0.25, -0.2) is 0 Å². The number of rotatable bonds is 7. The van der Waals surface area contributed by atoms with E-state index in [1.807, 2.05) is 0 Å². The van der Waals surface area contributed by atoms with Crippen LogP contribution in [0.25, 0.3) is 0 Å². The van der Waals surface area contributed by atoms with Crippen LogP contribution < -0.4 is 0 Å². The maximum absolute atomic E-state index is 11.5. The van der Waals surface area contributed by atoms with Gasteiger partial charge in [-0.3, -0.25) is 4.79 Å². The average molecular weight is 208 g/mol. The van der Waals surface area contributed by atoms with E-state index in [1.165, 1.54) is 44.1 Å². The Morgan fingerprint density at radius 3 is 2.80 bits per heavy atom. The Labute approximate surface area is 93.9 Å². The SMILES string of the molecule is CCCCCC(=O)CCC1=CCCCC1. The largest absolute Gasteiger partial charge is 0.300 e. The molecule has 0 spiro atoms. The van der Waals surface area contributed by atoms with Gasteiger partial charge in [-0.15, -0.1) is 0 Å². The van der Waals surface area contributed by atoms with Crippen LogP contribution in [0.3, 0.4) is 0 Å². The highest BCUT2D eigenvalue weighted by Gasteiger charge is 2.06. The van der Waals surface area contributed by atoms with E-state index >= 15 is 0 Å². The van der Waals surface area contributed by atoms with Crippen molar-refractivity contribution in [1.29, 1.82) is 0 Å². The fourth-order valence-corrected chi connectivity index (χ4v) is 2.13. The highest BCUT2D eigenvalue weighted by atomic mass is 16.1. The van der Waals surface area contributed by atoms with Crippen molar-refractivity contribution in [3.8, 4) is 0 Å². The molecule has 15 heavy (non-hydrogen) atoms. The molecule has 0 aliphatic heterocycles. The molecule has 0 bridgehead atoms. The summed E-state index contributed by atoms with van der Waals surface area (Å²) in [6.07, 6.45) is 13.6. The normalized spacial score (nSPS) is 16.2. The molecule has 0 atom stereocenters. The van der Waals surface area contributed by atoms with Crippen molar-refractivity contribution in [3.63, 3.8) is 0 Å². The van der Waals surface area contributed by atoms with E-state index in [-0.39, 0.29) is 0 Å². The molecule has 0 amide bonds. The highest BCUT2D eigenvalue weighted by Crippen LogP contribution is 2.21. The predicted octanol–water partition coefficient (Wildman–Crippen LogP) is 4.42. The zero-order valence-corrected chi connectivity index (χ0v) is 10.1. The topological polar surface area (TPSA) is 17.1 Å². The summed E-state index contributed by atoms with van der Waals surface area (Å²) in [5, 5.41) is 0. The van der Waals surface area contributed by atoms with Crippen molar-refractivity contribution in [3.05, 3.63) is 11.6 Å². The Morgan fingerprint density at radius 2 is 2.13 bits per heavy atom. The monoisotopic (exact) mass is 208 g/mol. The molecule has 1 rings (SSSR count). The highest BCUT2D eigenvalue weighted by molar-refractivity contribution is 5.78. The number of allylic oxidation sites excluding steroid dienone is 2. The third-order valence-electron chi connectivity index (χ3n) is 3.17. The van der Waals surface area contributed by atoms with Crippen LogP contribution in [0.1, 0.15) is 71.1 Å². The van der Waals surface area contributed by atoms with Gasteiger partial charge in [-0.2, -0.15) is 0 Å². The lowest BCUT2D eigenvalue weighted by Gasteiger charge is -2.11. The molecular formula is C14H24O. The van der Waals surface area contributed by atoms with Gasteiger partial charge in [0.1, 0.15) is 5.78 Å². The minimum absolute atomic E-state index is 0.468. The summed E-state index contributed by atoms with van der Waals surface area (Å²) in [5.41, 5.74) is 1.53. The first-order chi connectivity index (χ1) is 7.33. The van der Waals surface area contributed by atoms with E-state index in [2.05, 4.69) is 13.0 Å². The number of unbranched alkanes of at least 4 members (excludes halogenated alkanes) is 2. The fraction of sp³-hybridized carbons (Fsp3) is 0.786. The second kappa shape index (κ2) is 7.67. The molecule has 0 N–H and O–H groups in total. The van der Waals surface area contributed by atoms with Gasteiger partial charge in [0.25, 0.3) is 0 Å². The first-order valence-corrected chi connectivity index (χ1v) is 6.52. The van der Waals surface area contributed by atoms with Crippen molar-refractivity contribution in [2.24, 2.45) is 0 Å². The van der Waals surface area contributed by atoms with Gasteiger partial charge < -0.3 is 0 Å². The zero-order valence-electron chi connectivity index (χ0n) is 10.1. The van der Waals surface area contributed by atoms with Crippen LogP contribution in [0.2, 0.25) is 0 Å². The minimum atomic E-state index is 0.468. The van der Waals surface area contributed by atoms with E-state index in [4.69, 9.17) is 0 Å². The standard InChI is InChI=1S/C14H24O/c1-2-3-5-10-14(15)12-11-13-8-6-4-7-9-13/h8H,2-7,9-12H2,1H3. The van der Waals surface area contributed by atoms with Crippen LogP contribution in [-0.2, 0) is 4.79 Å². The van der Waals surface area contributed by atoms with Crippen LogP contribution in [0, 0.1) is 0 Å². The maximum atomic E-state index is 11.5. The maximum Gasteiger partial charge on any atom is 0.133 e. The summed E-state index contributed by atoms with van der Waals surface area (Å²) in [6, 6.07) is 0. The average Bonchev–Trinajstić information content (AvgIpc) is 2.28. The zero-order chi connectivity index (χ0) is 10.9. The molecule has 0 unspecified atom stereocenters. The number of hydrogen-bond donors (Lipinski definition) is 0. The molecule has 0 saturated carbocycles. The number of carbonyl (C=O) groups excluding carboxylic acids is 1. The molecule has 86 valence electrons. The molecule has 0 aromatic heterocycles. The summed E-state index contributed by atoms with van der Waals surface area (Å²) < 4.78 is 0. The van der Waals surface area contributed by atoms with Crippen LogP contribution in [0.15, 0.2) is 11.6 Å². The summed E-state index contributed by atoms with van der Waals surface area (Å²) in [4.78, 5) is 11.5. The van der Waals surface area contributed by atoms with Crippen molar-refractivity contribution in [1.82, 2.24) is 0 Å². The number of carbonyl (C=O) groups is 1. The van der Waals surface area contributed by atoms with E-state index in [9.17, 15) is 4.79 Å². The van der Waals surface area contributed by atoms with Gasteiger partial charge in [0, 0.05) is 12.8 Å². The third kappa shape index (κ3) is 5.76. The quantitative estimate of drug-likeness (QED) is 0.447. The summed E-state index contributed by atoms with van der Waals surface area (Å²) in [5.74, 6) is 0.468. The van der Waals surface area contributed by atoms with Crippen LogP contribution >= 0.6 is 0 Å². The van der Waals surface area contributed by atoms with Gasteiger partial charge in [0.15, 0.2) is 0 Å². The second-order valence-electron chi connectivity index (χ2n) is 4.60. The Kier molecular flexibility index (Phi) is 6.38. The van der Waals surface area contributed by atoms with Gasteiger partial charge >= 0.3 is 0 Å². The van der Waals surface area contributed by atoms with Gasteiger partial charge in [0.05, 0.1) is 0 Å². The number of hydrogen-bond acceptors (Lipinski definition) is 1. The molecule has 0 heterocycles. The van der Waals surface area contributed by atoms with Gasteiger partial charge in [0.2, 0.25) is 0 Å². The van der Waals surface area contributed by atoms with Crippen LogP contribution in [0.5, 0.6) is 0 Å². The van der Waals surface area contributed by atoms with Gasteiger partial charge in [-0.05, 0) is 38.5 Å². The smallest absolute Gasteiger partial charge is 0.133 e. The summed E-state index contributed by atoms with van der Waals surface area (Å²) in [7, 11) is 0. The lowest BCUT2D eigenvalue weighted by molar-refractivity contribution is -0.119. The van der Waals surface area contributed by atoms with Crippen molar-refractivity contribution in [2.75, 3.05) is 0 Å². The number of ketones is 1. The molecule has 0 fully saturated rings. The van der Waals surface area contributed by atoms with Crippen molar-refractivity contribution >= 4 is 5.78 Å². The molecular weight excluding hydrogens is 184 g/mol. The first kappa shape index (κ1) is 12.5. The molecule has 0 aromatic rings. The van der Waals surface area contributed by atoms with Crippen molar-refractivity contribution < 1.29 is 4.79 Å². The van der Waals surface area contributed by atoms with E-state index in [0.717, 1.165) is 25.7 Å². The van der Waals surface area contributed by atoms with E-state index in [0.29, 0.717) is 5.78 Å². The molecule has 1 nitrogen and oxygen atoms in total. The lowest BCUT2D eigenvalue weighted by atomic mass is 9.94. The Morgan fingerprint density at radius 1 is 1.27 bits per heavy atom. The number of Topliss-reactive ketones (excluding diaryl/α,β-unsaturated/α-hetero) is 1. The van der Waals surface area contributed by atoms with Gasteiger partial charge in [-0.1, -0.05) is 31.4 Å². The molecule has 0 aromatic carbocycles. The van der Waals surface area contributed by atoms with Crippen LogP contribution in [-0.4, -0.2) is 5.78 Å². The lowest BCUT2D eigenvalue weighted by Crippen LogP contribution is -2.00. The summed E-state index contributed by atoms with van der Waals surface area (Å²) in [6.45, 7) is 2.18. The second-order valence-corrected chi connectivity index (χ2v) is 4.60. The van der Waals surface area contributed by atoms with Crippen molar-refractivity contribution in [2.45, 2.75) is 71.1 Å². The third-order valence-corrected chi connectivity index (χ3v) is 3.17. The fourth-order valence-electron chi connectivity index (χ4n) is 2.13. The Hall–Kier alpha value is -0.590. The molecule has 1 aliphatic rings. The molecule has 0 radical (unpaired) electrons. The molecule has 1 heteroatoms. The molecule has 0 saturated heterocycles. The first-order valence-electron chi connectivity index (χ1n) is 6.52. The van der Waals surface area contributed by atoms with E-state index in [1.54, 1.807) is 0 Å². The van der Waals surface area contributed by atoms with E-state index < -0.39 is 0 Å². The minimum Gasteiger partial charge on any atom is -0.300 e. The Bertz CT molecular complexity index is 215. The molecule has 1 aliphatic carbocycles. The predicted molar refractivity (Wildman–Crippen MR) is 64.9 cm³/mol. The Balaban J connectivity index is 2.07. The van der Waals surface area contributed by atoms with Crippen LogP contribution in [0.4, 0.5) is 0 Å². The summed E-state index contributed by atoms with van der Waals surface area (Å²) >= 11 is 0.